The lowest BCUT2D eigenvalue weighted by Gasteiger charge is -2.12. The molecule has 0 radical (unpaired) electrons. The van der Waals surface area contributed by atoms with Crippen LogP contribution in [-0.4, -0.2) is 5.75 Å². The van der Waals surface area contributed by atoms with E-state index < -0.39 is 17.7 Å². The largest absolute Gasteiger partial charge is 0.323 e. The van der Waals surface area contributed by atoms with Gasteiger partial charge in [-0.25, -0.2) is 13.2 Å². The number of rotatable bonds is 4. The summed E-state index contributed by atoms with van der Waals surface area (Å²) < 4.78 is 38.8. The molecule has 19 heavy (non-hydrogen) atoms. The fourth-order valence-electron chi connectivity index (χ4n) is 1.58. The zero-order valence-electron chi connectivity index (χ0n) is 9.95. The van der Waals surface area contributed by atoms with Crippen LogP contribution < -0.4 is 5.73 Å². The van der Waals surface area contributed by atoms with E-state index in [0.29, 0.717) is 11.3 Å². The molecule has 0 heterocycles. The van der Waals surface area contributed by atoms with Crippen molar-refractivity contribution in [3.63, 3.8) is 0 Å². The van der Waals surface area contributed by atoms with Crippen LogP contribution in [0.4, 0.5) is 13.2 Å². The monoisotopic (exact) mass is 283 g/mol. The highest BCUT2D eigenvalue weighted by Gasteiger charge is 2.10. The molecule has 5 heteroatoms. The number of hydrogen-bond donors (Lipinski definition) is 1. The molecule has 2 aromatic rings. The van der Waals surface area contributed by atoms with Crippen LogP contribution in [0.1, 0.15) is 11.6 Å². The first-order chi connectivity index (χ1) is 9.06. The molecule has 2 N–H and O–H groups in total. The summed E-state index contributed by atoms with van der Waals surface area (Å²) >= 11 is 1.37. The van der Waals surface area contributed by atoms with Crippen molar-refractivity contribution in [1.29, 1.82) is 0 Å². The van der Waals surface area contributed by atoms with Gasteiger partial charge in [0.25, 0.3) is 0 Å². The van der Waals surface area contributed by atoms with Crippen molar-refractivity contribution in [3.8, 4) is 0 Å². The smallest absolute Gasteiger partial charge is 0.159 e. The van der Waals surface area contributed by atoms with Crippen LogP contribution in [0, 0.1) is 17.5 Å². The van der Waals surface area contributed by atoms with Gasteiger partial charge in [-0.2, -0.15) is 0 Å². The average molecular weight is 283 g/mol. The lowest BCUT2D eigenvalue weighted by atomic mass is 10.1. The van der Waals surface area contributed by atoms with E-state index in [4.69, 9.17) is 5.73 Å². The summed E-state index contributed by atoms with van der Waals surface area (Å²) in [6.45, 7) is 0. The fraction of sp³-hybridized carbons (Fsp3) is 0.143. The molecule has 1 unspecified atom stereocenters. The SMILES string of the molecule is NC(CSc1cccc(F)c1)c1ccc(F)c(F)c1. The number of benzene rings is 2. The van der Waals surface area contributed by atoms with Gasteiger partial charge in [0.2, 0.25) is 0 Å². The highest BCUT2D eigenvalue weighted by molar-refractivity contribution is 7.99. The highest BCUT2D eigenvalue weighted by Crippen LogP contribution is 2.24. The molecule has 0 saturated heterocycles. The maximum Gasteiger partial charge on any atom is 0.159 e. The standard InChI is InChI=1S/C14H12F3NS/c15-10-2-1-3-11(7-10)19-8-14(18)9-4-5-12(16)13(17)6-9/h1-7,14H,8,18H2. The van der Waals surface area contributed by atoms with Gasteiger partial charge in [-0.1, -0.05) is 12.1 Å². The predicted molar refractivity (Wildman–Crippen MR) is 70.4 cm³/mol. The minimum absolute atomic E-state index is 0.314. The minimum atomic E-state index is -0.913. The topological polar surface area (TPSA) is 26.0 Å². The molecular weight excluding hydrogens is 271 g/mol. The third-order valence-corrected chi connectivity index (χ3v) is 3.71. The molecule has 0 aliphatic carbocycles. The lowest BCUT2D eigenvalue weighted by Crippen LogP contribution is -2.13. The van der Waals surface area contributed by atoms with Crippen molar-refractivity contribution >= 4 is 11.8 Å². The van der Waals surface area contributed by atoms with Crippen LogP contribution in [0.15, 0.2) is 47.4 Å². The molecule has 100 valence electrons. The van der Waals surface area contributed by atoms with Crippen LogP contribution in [0.25, 0.3) is 0 Å². The van der Waals surface area contributed by atoms with Gasteiger partial charge in [-0.05, 0) is 35.9 Å². The third kappa shape index (κ3) is 3.75. The summed E-state index contributed by atoms with van der Waals surface area (Å²) in [5.41, 5.74) is 6.41. The minimum Gasteiger partial charge on any atom is -0.323 e. The van der Waals surface area contributed by atoms with E-state index >= 15 is 0 Å². The number of nitrogens with two attached hydrogens (primary N) is 1. The Hall–Kier alpha value is -1.46. The Morgan fingerprint density at radius 1 is 1.00 bits per heavy atom. The van der Waals surface area contributed by atoms with Crippen molar-refractivity contribution in [1.82, 2.24) is 0 Å². The van der Waals surface area contributed by atoms with Crippen molar-refractivity contribution in [2.24, 2.45) is 5.73 Å². The summed E-state index contributed by atoms with van der Waals surface area (Å²) in [6.07, 6.45) is 0. The number of halogens is 3. The van der Waals surface area contributed by atoms with Crippen LogP contribution in [0.2, 0.25) is 0 Å². The number of hydrogen-bond acceptors (Lipinski definition) is 2. The molecule has 1 atom stereocenters. The van der Waals surface area contributed by atoms with Crippen LogP contribution in [0.5, 0.6) is 0 Å². The summed E-state index contributed by atoms with van der Waals surface area (Å²) in [5, 5.41) is 0. The molecule has 0 amide bonds. The maximum atomic E-state index is 13.1. The first-order valence-corrected chi connectivity index (χ1v) is 6.64. The molecule has 0 aromatic heterocycles. The third-order valence-electron chi connectivity index (χ3n) is 2.60. The van der Waals surface area contributed by atoms with E-state index in [1.54, 1.807) is 12.1 Å². The van der Waals surface area contributed by atoms with E-state index in [9.17, 15) is 13.2 Å². The second-order valence-electron chi connectivity index (χ2n) is 4.05. The molecular formula is C14H12F3NS. The van der Waals surface area contributed by atoms with Gasteiger partial charge in [-0.15, -0.1) is 11.8 Å². The molecule has 0 aliphatic rings. The molecule has 0 fully saturated rings. The van der Waals surface area contributed by atoms with E-state index in [0.717, 1.165) is 17.0 Å². The van der Waals surface area contributed by atoms with Crippen molar-refractivity contribution in [3.05, 3.63) is 65.5 Å². The Bertz CT molecular complexity index is 574. The second kappa shape index (κ2) is 6.12. The zero-order chi connectivity index (χ0) is 13.8. The predicted octanol–water partition coefficient (Wildman–Crippen LogP) is 3.90. The number of thioether (sulfide) groups is 1. The Morgan fingerprint density at radius 3 is 2.47 bits per heavy atom. The maximum absolute atomic E-state index is 13.1. The lowest BCUT2D eigenvalue weighted by molar-refractivity contribution is 0.506. The highest BCUT2D eigenvalue weighted by atomic mass is 32.2. The molecule has 0 bridgehead atoms. The molecule has 0 aliphatic heterocycles. The van der Waals surface area contributed by atoms with Gasteiger partial charge in [-0.3, -0.25) is 0 Å². The normalized spacial score (nSPS) is 12.4. The first-order valence-electron chi connectivity index (χ1n) is 5.65. The Kier molecular flexibility index (Phi) is 4.50. The first kappa shape index (κ1) is 14.0. The Labute approximate surface area is 113 Å². The zero-order valence-corrected chi connectivity index (χ0v) is 10.8. The van der Waals surface area contributed by atoms with Crippen LogP contribution in [-0.2, 0) is 0 Å². The Balaban J connectivity index is 2.01. The van der Waals surface area contributed by atoms with Crippen LogP contribution >= 0.6 is 11.8 Å². The molecule has 1 nitrogen and oxygen atoms in total. The molecule has 2 aromatic carbocycles. The molecule has 0 spiro atoms. The summed E-state index contributed by atoms with van der Waals surface area (Å²) in [6, 6.07) is 9.30. The summed E-state index contributed by atoms with van der Waals surface area (Å²) in [4.78, 5) is 0.748. The second-order valence-corrected chi connectivity index (χ2v) is 5.14. The van der Waals surface area contributed by atoms with Gasteiger partial charge in [0.15, 0.2) is 11.6 Å². The van der Waals surface area contributed by atoms with Gasteiger partial charge in [0, 0.05) is 16.7 Å². The van der Waals surface area contributed by atoms with Crippen molar-refractivity contribution in [2.45, 2.75) is 10.9 Å². The van der Waals surface area contributed by atoms with Gasteiger partial charge in [0.1, 0.15) is 5.82 Å². The molecule has 2 rings (SSSR count). The average Bonchev–Trinajstić information content (AvgIpc) is 2.39. The van der Waals surface area contributed by atoms with Crippen LogP contribution in [0.3, 0.4) is 0 Å². The summed E-state index contributed by atoms with van der Waals surface area (Å²) in [5.74, 6) is -1.67. The van der Waals surface area contributed by atoms with Gasteiger partial charge >= 0.3 is 0 Å². The van der Waals surface area contributed by atoms with Gasteiger partial charge < -0.3 is 5.73 Å². The van der Waals surface area contributed by atoms with E-state index in [1.807, 2.05) is 0 Å². The van der Waals surface area contributed by atoms with E-state index in [1.165, 1.54) is 30.0 Å². The van der Waals surface area contributed by atoms with E-state index in [2.05, 4.69) is 0 Å². The molecule has 0 saturated carbocycles. The Morgan fingerprint density at radius 2 is 1.79 bits per heavy atom. The van der Waals surface area contributed by atoms with Gasteiger partial charge in [0.05, 0.1) is 0 Å². The fourth-order valence-corrected chi connectivity index (χ4v) is 2.52. The van der Waals surface area contributed by atoms with E-state index in [-0.39, 0.29) is 5.82 Å². The summed E-state index contributed by atoms with van der Waals surface area (Å²) in [7, 11) is 0. The quantitative estimate of drug-likeness (QED) is 0.861. The van der Waals surface area contributed by atoms with Crippen molar-refractivity contribution in [2.75, 3.05) is 5.75 Å². The van der Waals surface area contributed by atoms with Crippen molar-refractivity contribution < 1.29 is 13.2 Å².